The van der Waals surface area contributed by atoms with Crippen molar-refractivity contribution < 1.29 is 19.3 Å². The highest BCUT2D eigenvalue weighted by Gasteiger charge is 2.36. The van der Waals surface area contributed by atoms with Gasteiger partial charge in [-0.15, -0.1) is 0 Å². The SMILES string of the molecule is O=C1NC(=O)N(c2ccccc2)C(=O)/C1=C\c1ccn(-c2cccc([N+](=O)[O-])c2)c1. The number of non-ortho nitro benzene ring substituents is 1. The van der Waals surface area contributed by atoms with Crippen molar-refractivity contribution >= 4 is 35.3 Å². The summed E-state index contributed by atoms with van der Waals surface area (Å²) in [6, 6.07) is 15.1. The molecule has 0 aliphatic carbocycles. The fourth-order valence-electron chi connectivity index (χ4n) is 3.06. The standard InChI is InChI=1S/C21H14N4O5/c26-19-18(20(27)24(21(28)22-19)15-5-2-1-3-6-15)11-14-9-10-23(13-14)16-7-4-8-17(12-16)25(29)30/h1-13H,(H,22,26,28)/b18-11-. The molecular weight excluding hydrogens is 388 g/mol. The van der Waals surface area contributed by atoms with E-state index >= 15 is 0 Å². The minimum absolute atomic E-state index is 0.0556. The van der Waals surface area contributed by atoms with Gasteiger partial charge in [0.15, 0.2) is 0 Å². The molecule has 1 saturated heterocycles. The third-order valence-electron chi connectivity index (χ3n) is 4.48. The van der Waals surface area contributed by atoms with Crippen molar-refractivity contribution in [1.82, 2.24) is 9.88 Å². The maximum atomic E-state index is 12.8. The van der Waals surface area contributed by atoms with E-state index < -0.39 is 22.8 Å². The molecule has 0 spiro atoms. The lowest BCUT2D eigenvalue weighted by atomic mass is 10.1. The number of nitrogens with zero attached hydrogens (tertiary/aromatic N) is 3. The summed E-state index contributed by atoms with van der Waals surface area (Å²) in [7, 11) is 0. The Morgan fingerprint density at radius 1 is 0.933 bits per heavy atom. The number of anilines is 1. The number of carbonyl (C=O) groups is 3. The third kappa shape index (κ3) is 3.47. The second-order valence-electron chi connectivity index (χ2n) is 6.42. The van der Waals surface area contributed by atoms with E-state index in [0.717, 1.165) is 4.90 Å². The normalized spacial score (nSPS) is 15.4. The summed E-state index contributed by atoms with van der Waals surface area (Å²) in [6.07, 6.45) is 4.64. The van der Waals surface area contributed by atoms with Crippen LogP contribution in [-0.4, -0.2) is 27.3 Å². The van der Waals surface area contributed by atoms with Gasteiger partial charge < -0.3 is 4.57 Å². The molecule has 2 heterocycles. The highest BCUT2D eigenvalue weighted by Crippen LogP contribution is 2.23. The van der Waals surface area contributed by atoms with Crippen LogP contribution in [0.2, 0.25) is 0 Å². The third-order valence-corrected chi connectivity index (χ3v) is 4.48. The number of amides is 4. The molecule has 0 unspecified atom stereocenters. The highest BCUT2D eigenvalue weighted by molar-refractivity contribution is 6.39. The number of hydrogen-bond donors (Lipinski definition) is 1. The maximum Gasteiger partial charge on any atom is 0.335 e. The Labute approximate surface area is 170 Å². The van der Waals surface area contributed by atoms with Gasteiger partial charge in [-0.3, -0.25) is 25.0 Å². The van der Waals surface area contributed by atoms with Crippen molar-refractivity contribution in [3.63, 3.8) is 0 Å². The number of aromatic nitrogens is 1. The first-order valence-electron chi connectivity index (χ1n) is 8.83. The van der Waals surface area contributed by atoms with Gasteiger partial charge in [-0.1, -0.05) is 24.3 Å². The van der Waals surface area contributed by atoms with Crippen LogP contribution in [0.25, 0.3) is 11.8 Å². The number of nitro benzene ring substituents is 1. The Balaban J connectivity index is 1.67. The Bertz CT molecular complexity index is 1210. The van der Waals surface area contributed by atoms with E-state index in [-0.39, 0.29) is 11.3 Å². The van der Waals surface area contributed by atoms with Crippen molar-refractivity contribution in [3.05, 3.63) is 94.3 Å². The molecule has 148 valence electrons. The summed E-state index contributed by atoms with van der Waals surface area (Å²) < 4.78 is 1.63. The average molecular weight is 402 g/mol. The largest absolute Gasteiger partial charge is 0.335 e. The van der Waals surface area contributed by atoms with E-state index in [2.05, 4.69) is 5.32 Å². The monoisotopic (exact) mass is 402 g/mol. The Morgan fingerprint density at radius 3 is 2.40 bits per heavy atom. The van der Waals surface area contributed by atoms with Gasteiger partial charge in [0.2, 0.25) is 0 Å². The first-order valence-corrected chi connectivity index (χ1v) is 8.83. The van der Waals surface area contributed by atoms with Crippen molar-refractivity contribution in [3.8, 4) is 5.69 Å². The zero-order valence-electron chi connectivity index (χ0n) is 15.4. The number of rotatable bonds is 4. The number of nitrogens with one attached hydrogen (secondary N) is 1. The summed E-state index contributed by atoms with van der Waals surface area (Å²) in [5.41, 5.74) is 1.15. The molecule has 0 radical (unpaired) electrons. The molecule has 0 bridgehead atoms. The van der Waals surface area contributed by atoms with Crippen molar-refractivity contribution in [2.24, 2.45) is 0 Å². The van der Waals surface area contributed by atoms with Crippen LogP contribution in [0.1, 0.15) is 5.56 Å². The van der Waals surface area contributed by atoms with Gasteiger partial charge in [0.1, 0.15) is 5.57 Å². The van der Waals surface area contributed by atoms with E-state index in [1.807, 2.05) is 0 Å². The minimum atomic E-state index is -0.817. The molecule has 4 amide bonds. The molecule has 9 heteroatoms. The summed E-state index contributed by atoms with van der Waals surface area (Å²) >= 11 is 0. The molecule has 0 saturated carbocycles. The van der Waals surface area contributed by atoms with Crippen molar-refractivity contribution in [1.29, 1.82) is 0 Å². The van der Waals surface area contributed by atoms with E-state index in [9.17, 15) is 24.5 Å². The van der Waals surface area contributed by atoms with E-state index in [1.165, 1.54) is 18.2 Å². The number of barbiturate groups is 1. The molecule has 0 atom stereocenters. The number of benzene rings is 2. The zero-order chi connectivity index (χ0) is 21.3. The first kappa shape index (κ1) is 18.8. The fraction of sp³-hybridized carbons (Fsp3) is 0. The molecule has 30 heavy (non-hydrogen) atoms. The lowest BCUT2D eigenvalue weighted by Crippen LogP contribution is -2.54. The zero-order valence-corrected chi connectivity index (χ0v) is 15.4. The first-order chi connectivity index (χ1) is 14.4. The quantitative estimate of drug-likeness (QED) is 0.312. The molecule has 1 aliphatic heterocycles. The lowest BCUT2D eigenvalue weighted by molar-refractivity contribution is -0.384. The fourth-order valence-corrected chi connectivity index (χ4v) is 3.06. The molecule has 3 aromatic rings. The molecule has 1 aromatic heterocycles. The number of carbonyl (C=O) groups excluding carboxylic acids is 3. The van der Waals surface area contributed by atoms with E-state index in [4.69, 9.17) is 0 Å². The number of urea groups is 1. The number of para-hydroxylation sites is 1. The van der Waals surface area contributed by atoms with Crippen LogP contribution < -0.4 is 10.2 Å². The molecular formula is C21H14N4O5. The Hall–Kier alpha value is -4.53. The van der Waals surface area contributed by atoms with Crippen LogP contribution >= 0.6 is 0 Å². The lowest BCUT2D eigenvalue weighted by Gasteiger charge is -2.26. The molecule has 2 aromatic carbocycles. The van der Waals surface area contributed by atoms with Crippen LogP contribution in [-0.2, 0) is 9.59 Å². The Kier molecular flexibility index (Phi) is 4.69. The van der Waals surface area contributed by atoms with Crippen LogP contribution in [0.3, 0.4) is 0 Å². The molecule has 1 aliphatic rings. The second kappa shape index (κ2) is 7.47. The van der Waals surface area contributed by atoms with Crippen LogP contribution in [0.5, 0.6) is 0 Å². The van der Waals surface area contributed by atoms with Crippen LogP contribution in [0.15, 0.2) is 78.6 Å². The average Bonchev–Trinajstić information content (AvgIpc) is 3.21. The summed E-state index contributed by atoms with van der Waals surface area (Å²) in [5.74, 6) is -1.53. The molecule has 9 nitrogen and oxygen atoms in total. The van der Waals surface area contributed by atoms with Gasteiger partial charge in [-0.2, -0.15) is 0 Å². The molecule has 1 fully saturated rings. The highest BCUT2D eigenvalue weighted by atomic mass is 16.6. The predicted molar refractivity (Wildman–Crippen MR) is 108 cm³/mol. The number of nitro groups is 1. The van der Waals surface area contributed by atoms with Crippen molar-refractivity contribution in [2.45, 2.75) is 0 Å². The summed E-state index contributed by atoms with van der Waals surface area (Å²) in [5, 5.41) is 13.1. The van der Waals surface area contributed by atoms with Gasteiger partial charge in [0, 0.05) is 24.5 Å². The van der Waals surface area contributed by atoms with Crippen LogP contribution in [0.4, 0.5) is 16.2 Å². The van der Waals surface area contributed by atoms with Crippen molar-refractivity contribution in [2.75, 3.05) is 4.90 Å². The van der Waals surface area contributed by atoms with E-state index in [0.29, 0.717) is 16.9 Å². The van der Waals surface area contributed by atoms with Gasteiger partial charge in [0.25, 0.3) is 17.5 Å². The summed E-state index contributed by atoms with van der Waals surface area (Å²) in [6.45, 7) is 0. The van der Waals surface area contributed by atoms with Gasteiger partial charge in [-0.25, -0.2) is 9.69 Å². The van der Waals surface area contributed by atoms with E-state index in [1.54, 1.807) is 65.5 Å². The smallest absolute Gasteiger partial charge is 0.323 e. The molecule has 1 N–H and O–H groups in total. The topological polar surface area (TPSA) is 115 Å². The number of hydrogen-bond acceptors (Lipinski definition) is 5. The molecule has 4 rings (SSSR count). The second-order valence-corrected chi connectivity index (χ2v) is 6.42. The van der Waals surface area contributed by atoms with Crippen LogP contribution in [0, 0.1) is 10.1 Å². The summed E-state index contributed by atoms with van der Waals surface area (Å²) in [4.78, 5) is 48.7. The van der Waals surface area contributed by atoms with Gasteiger partial charge in [-0.05, 0) is 35.9 Å². The van der Waals surface area contributed by atoms with Gasteiger partial charge >= 0.3 is 6.03 Å². The number of imide groups is 2. The minimum Gasteiger partial charge on any atom is -0.323 e. The maximum absolute atomic E-state index is 12.8. The predicted octanol–water partition coefficient (Wildman–Crippen LogP) is 3.05. The Morgan fingerprint density at radius 2 is 1.67 bits per heavy atom. The van der Waals surface area contributed by atoms with Gasteiger partial charge in [0.05, 0.1) is 16.3 Å².